The molecule has 1 aliphatic heterocycles. The molecule has 0 radical (unpaired) electrons. The van der Waals surface area contributed by atoms with Crippen molar-refractivity contribution >= 4 is 23.2 Å². The molecule has 1 saturated heterocycles. The van der Waals surface area contributed by atoms with E-state index in [1.807, 2.05) is 12.1 Å². The molecular formula is C16H21Cl2NO. The molecule has 2 nitrogen and oxygen atoms in total. The summed E-state index contributed by atoms with van der Waals surface area (Å²) in [5, 5.41) is 5.06. The fourth-order valence-electron chi connectivity index (χ4n) is 2.96. The van der Waals surface area contributed by atoms with Crippen molar-refractivity contribution in [2.24, 2.45) is 5.41 Å². The number of rotatable bonds is 5. The minimum absolute atomic E-state index is 0.259. The van der Waals surface area contributed by atoms with E-state index in [1.165, 1.54) is 18.4 Å². The molecule has 2 fully saturated rings. The van der Waals surface area contributed by atoms with Crippen molar-refractivity contribution in [2.75, 3.05) is 19.8 Å². The molecule has 1 saturated carbocycles. The van der Waals surface area contributed by atoms with Crippen molar-refractivity contribution in [1.82, 2.24) is 5.32 Å². The predicted molar refractivity (Wildman–Crippen MR) is 83.7 cm³/mol. The summed E-state index contributed by atoms with van der Waals surface area (Å²) in [6, 6.07) is 6.68. The van der Waals surface area contributed by atoms with Gasteiger partial charge in [-0.15, -0.1) is 0 Å². The minimum atomic E-state index is 0.259. The van der Waals surface area contributed by atoms with Gasteiger partial charge in [-0.1, -0.05) is 35.3 Å². The predicted octanol–water partition coefficient (Wildman–Crippen LogP) is 4.08. The van der Waals surface area contributed by atoms with Crippen molar-refractivity contribution < 1.29 is 4.74 Å². The third-order valence-electron chi connectivity index (χ3n) is 4.49. The van der Waals surface area contributed by atoms with Crippen molar-refractivity contribution in [3.8, 4) is 0 Å². The SMILES string of the molecule is Clc1cccc(CC2(CNC3CC3)CCOCC2)c1Cl. The molecule has 0 spiro atoms. The average molecular weight is 314 g/mol. The van der Waals surface area contributed by atoms with Crippen LogP contribution in [0.5, 0.6) is 0 Å². The normalized spacial score (nSPS) is 21.9. The molecule has 4 heteroatoms. The molecule has 0 aromatic heterocycles. The summed E-state index contributed by atoms with van der Waals surface area (Å²) in [4.78, 5) is 0. The van der Waals surface area contributed by atoms with Crippen LogP contribution in [0, 0.1) is 5.41 Å². The molecule has 1 aliphatic carbocycles. The smallest absolute Gasteiger partial charge is 0.0624 e. The van der Waals surface area contributed by atoms with Crippen LogP contribution in [0.3, 0.4) is 0 Å². The number of benzene rings is 1. The van der Waals surface area contributed by atoms with Crippen LogP contribution in [0.25, 0.3) is 0 Å². The van der Waals surface area contributed by atoms with Gasteiger partial charge < -0.3 is 10.1 Å². The van der Waals surface area contributed by atoms with Crippen LogP contribution in [-0.4, -0.2) is 25.8 Å². The second kappa shape index (κ2) is 6.23. The van der Waals surface area contributed by atoms with Gasteiger partial charge in [0.25, 0.3) is 0 Å². The number of ether oxygens (including phenoxy) is 1. The fourth-order valence-corrected chi connectivity index (χ4v) is 3.34. The lowest BCUT2D eigenvalue weighted by molar-refractivity contribution is 0.0147. The molecule has 0 atom stereocenters. The molecule has 3 rings (SSSR count). The van der Waals surface area contributed by atoms with Gasteiger partial charge in [0.2, 0.25) is 0 Å². The zero-order chi connectivity index (χ0) is 14.0. The van der Waals surface area contributed by atoms with Crippen LogP contribution in [0.4, 0.5) is 0 Å². The van der Waals surface area contributed by atoms with Gasteiger partial charge in [-0.25, -0.2) is 0 Å². The highest BCUT2D eigenvalue weighted by atomic mass is 35.5. The van der Waals surface area contributed by atoms with Crippen molar-refractivity contribution in [2.45, 2.75) is 38.1 Å². The van der Waals surface area contributed by atoms with Crippen molar-refractivity contribution in [1.29, 1.82) is 0 Å². The standard InChI is InChI=1S/C16H21Cl2NO/c17-14-3-1-2-12(15(14)18)10-16(6-8-20-9-7-16)11-19-13-4-5-13/h1-3,13,19H,4-11H2. The Labute approximate surface area is 130 Å². The zero-order valence-corrected chi connectivity index (χ0v) is 13.1. The van der Waals surface area contributed by atoms with Crippen LogP contribution in [0.1, 0.15) is 31.2 Å². The van der Waals surface area contributed by atoms with Crippen LogP contribution in [-0.2, 0) is 11.2 Å². The zero-order valence-electron chi connectivity index (χ0n) is 11.6. The van der Waals surface area contributed by atoms with Gasteiger partial charge in [-0.2, -0.15) is 0 Å². The molecule has 20 heavy (non-hydrogen) atoms. The molecule has 0 unspecified atom stereocenters. The summed E-state index contributed by atoms with van der Waals surface area (Å²) in [5.74, 6) is 0. The van der Waals surface area contributed by atoms with Gasteiger partial charge in [-0.3, -0.25) is 0 Å². The lowest BCUT2D eigenvalue weighted by Gasteiger charge is -2.38. The molecule has 0 amide bonds. The van der Waals surface area contributed by atoms with Crippen LogP contribution in [0.15, 0.2) is 18.2 Å². The Balaban J connectivity index is 1.75. The van der Waals surface area contributed by atoms with E-state index in [4.69, 9.17) is 27.9 Å². The maximum atomic E-state index is 6.37. The van der Waals surface area contributed by atoms with E-state index in [-0.39, 0.29) is 5.41 Å². The van der Waals surface area contributed by atoms with E-state index in [1.54, 1.807) is 0 Å². The summed E-state index contributed by atoms with van der Waals surface area (Å²) in [6.07, 6.45) is 5.82. The van der Waals surface area contributed by atoms with E-state index >= 15 is 0 Å². The number of halogens is 2. The third-order valence-corrected chi connectivity index (χ3v) is 5.35. The quantitative estimate of drug-likeness (QED) is 0.884. The van der Waals surface area contributed by atoms with E-state index in [9.17, 15) is 0 Å². The first kappa shape index (κ1) is 14.6. The Kier molecular flexibility index (Phi) is 4.56. The molecule has 1 heterocycles. The van der Waals surface area contributed by atoms with Gasteiger partial charge in [0.1, 0.15) is 0 Å². The highest BCUT2D eigenvalue weighted by Crippen LogP contribution is 2.38. The van der Waals surface area contributed by atoms with Crippen molar-refractivity contribution in [3.63, 3.8) is 0 Å². The highest BCUT2D eigenvalue weighted by molar-refractivity contribution is 6.42. The Morgan fingerprint density at radius 1 is 1.20 bits per heavy atom. The maximum Gasteiger partial charge on any atom is 0.0624 e. The van der Waals surface area contributed by atoms with E-state index < -0.39 is 0 Å². The topological polar surface area (TPSA) is 21.3 Å². The minimum Gasteiger partial charge on any atom is -0.381 e. The first-order valence-corrected chi connectivity index (χ1v) is 8.18. The summed E-state index contributed by atoms with van der Waals surface area (Å²) in [7, 11) is 0. The van der Waals surface area contributed by atoms with Gasteiger partial charge in [-0.05, 0) is 49.1 Å². The molecule has 110 valence electrons. The van der Waals surface area contributed by atoms with Crippen LogP contribution >= 0.6 is 23.2 Å². The third kappa shape index (κ3) is 3.48. The largest absolute Gasteiger partial charge is 0.381 e. The molecule has 0 bridgehead atoms. The van der Waals surface area contributed by atoms with Gasteiger partial charge in [0.15, 0.2) is 0 Å². The number of hydrogen-bond acceptors (Lipinski definition) is 2. The first-order valence-electron chi connectivity index (χ1n) is 7.43. The van der Waals surface area contributed by atoms with E-state index in [0.29, 0.717) is 10.0 Å². The van der Waals surface area contributed by atoms with E-state index in [2.05, 4.69) is 11.4 Å². The molecule has 2 aliphatic rings. The fraction of sp³-hybridized carbons (Fsp3) is 0.625. The molecule has 1 aromatic carbocycles. The second-order valence-electron chi connectivity index (χ2n) is 6.16. The van der Waals surface area contributed by atoms with Gasteiger partial charge in [0.05, 0.1) is 10.0 Å². The summed E-state index contributed by atoms with van der Waals surface area (Å²) in [6.45, 7) is 2.76. The van der Waals surface area contributed by atoms with Crippen LogP contribution < -0.4 is 5.32 Å². The molecule has 1 N–H and O–H groups in total. The first-order chi connectivity index (χ1) is 9.69. The monoisotopic (exact) mass is 313 g/mol. The number of hydrogen-bond donors (Lipinski definition) is 1. The van der Waals surface area contributed by atoms with Crippen molar-refractivity contribution in [3.05, 3.63) is 33.8 Å². The lowest BCUT2D eigenvalue weighted by atomic mass is 9.75. The highest BCUT2D eigenvalue weighted by Gasteiger charge is 2.35. The average Bonchev–Trinajstić information content (AvgIpc) is 3.27. The van der Waals surface area contributed by atoms with Gasteiger partial charge in [0, 0.05) is 25.8 Å². The lowest BCUT2D eigenvalue weighted by Crippen LogP contribution is -2.41. The molecular weight excluding hydrogens is 293 g/mol. The second-order valence-corrected chi connectivity index (χ2v) is 6.94. The van der Waals surface area contributed by atoms with Crippen LogP contribution in [0.2, 0.25) is 10.0 Å². The van der Waals surface area contributed by atoms with E-state index in [0.717, 1.165) is 45.1 Å². The Hall–Kier alpha value is -0.280. The van der Waals surface area contributed by atoms with Gasteiger partial charge >= 0.3 is 0 Å². The summed E-state index contributed by atoms with van der Waals surface area (Å²) >= 11 is 12.5. The summed E-state index contributed by atoms with van der Waals surface area (Å²) < 4.78 is 5.55. The molecule has 1 aromatic rings. The Morgan fingerprint density at radius 3 is 2.65 bits per heavy atom. The maximum absolute atomic E-state index is 6.37. The summed E-state index contributed by atoms with van der Waals surface area (Å²) in [5.41, 5.74) is 1.42. The Morgan fingerprint density at radius 2 is 1.95 bits per heavy atom. The Bertz CT molecular complexity index is 468. The number of nitrogens with one attached hydrogen (secondary N) is 1.